The van der Waals surface area contributed by atoms with Crippen molar-refractivity contribution in [2.45, 2.75) is 18.9 Å². The highest BCUT2D eigenvalue weighted by Gasteiger charge is 2.27. The molecule has 114 valence electrons. The van der Waals surface area contributed by atoms with E-state index in [4.69, 9.17) is 0 Å². The molecule has 2 rings (SSSR count). The van der Waals surface area contributed by atoms with Crippen LogP contribution < -0.4 is 5.32 Å². The van der Waals surface area contributed by atoms with Crippen molar-refractivity contribution in [3.05, 3.63) is 29.6 Å². The Morgan fingerprint density at radius 2 is 1.90 bits per heavy atom. The summed E-state index contributed by atoms with van der Waals surface area (Å²) in [6.07, 6.45) is -2.89. The molecule has 1 aliphatic rings. The fourth-order valence-corrected chi connectivity index (χ4v) is 2.42. The topological polar surface area (TPSA) is 35.5 Å². The van der Waals surface area contributed by atoms with Gasteiger partial charge in [-0.2, -0.15) is 0 Å². The molecular weight excluding hydrogens is 293 g/mol. The molecule has 1 heterocycles. The number of aromatic hydroxyl groups is 1. The van der Waals surface area contributed by atoms with Gasteiger partial charge in [0.05, 0.1) is 0 Å². The summed E-state index contributed by atoms with van der Waals surface area (Å²) in [6, 6.07) is 3.04. The van der Waals surface area contributed by atoms with Crippen molar-refractivity contribution in [1.29, 1.82) is 0 Å². The molecule has 1 aromatic rings. The van der Waals surface area contributed by atoms with Crippen molar-refractivity contribution in [2.75, 3.05) is 26.2 Å². The number of alkyl halides is 2. The van der Waals surface area contributed by atoms with Gasteiger partial charge in [-0.05, 0) is 6.07 Å². The summed E-state index contributed by atoms with van der Waals surface area (Å²) in [5.41, 5.74) is 0.222. The summed E-state index contributed by atoms with van der Waals surface area (Å²) in [4.78, 5) is 1.86. The first kappa shape index (κ1) is 17.1. The maximum Gasteiger partial charge on any atom is 0.240 e. The molecule has 0 aliphatic carbocycles. The normalized spacial score (nSPS) is 17.8. The Bertz CT molecular complexity index is 428. The number of phenolic OH excluding ortho intramolecular Hbond substituents is 1. The molecule has 7 heteroatoms. The van der Waals surface area contributed by atoms with Gasteiger partial charge in [0.25, 0.3) is 0 Å². The maximum absolute atomic E-state index is 13.9. The molecule has 0 spiro atoms. The molecule has 0 amide bonds. The predicted molar refractivity (Wildman–Crippen MR) is 73.1 cm³/mol. The molecule has 2 N–H and O–H groups in total. The van der Waals surface area contributed by atoms with Crippen LogP contribution in [0.25, 0.3) is 0 Å². The molecule has 1 atom stereocenters. The molecule has 1 aliphatic heterocycles. The van der Waals surface area contributed by atoms with Crippen LogP contribution in [0.5, 0.6) is 5.75 Å². The zero-order valence-corrected chi connectivity index (χ0v) is 11.7. The largest absolute Gasteiger partial charge is 0.508 e. The Morgan fingerprint density at radius 1 is 1.25 bits per heavy atom. The molecule has 0 radical (unpaired) electrons. The van der Waals surface area contributed by atoms with Crippen molar-refractivity contribution in [3.63, 3.8) is 0 Å². The molecule has 0 bridgehead atoms. The quantitative estimate of drug-likeness (QED) is 0.897. The molecule has 0 unspecified atom stereocenters. The van der Waals surface area contributed by atoms with E-state index in [1.165, 1.54) is 12.1 Å². The molecule has 0 saturated carbocycles. The van der Waals surface area contributed by atoms with Crippen LogP contribution in [0.2, 0.25) is 0 Å². The molecule has 1 aromatic carbocycles. The van der Waals surface area contributed by atoms with Gasteiger partial charge in [-0.25, -0.2) is 13.2 Å². The highest BCUT2D eigenvalue weighted by Crippen LogP contribution is 2.30. The van der Waals surface area contributed by atoms with Crippen LogP contribution in [0.4, 0.5) is 13.2 Å². The van der Waals surface area contributed by atoms with E-state index in [1.54, 1.807) is 0 Å². The standard InChI is InChI=1S/C13H17F3N2O.ClH/c14-11-7-9(19)1-2-10(11)12(8-13(15)16)18-5-3-17-4-6-18;/h1-2,7,12-13,17,19H,3-6,8H2;1H/t12-;/m0./s1. The lowest BCUT2D eigenvalue weighted by molar-refractivity contribution is 0.0725. The van der Waals surface area contributed by atoms with Crippen LogP contribution in [-0.2, 0) is 0 Å². The van der Waals surface area contributed by atoms with Gasteiger partial charge in [-0.1, -0.05) is 6.07 Å². The van der Waals surface area contributed by atoms with Crippen LogP contribution in [0.3, 0.4) is 0 Å². The van der Waals surface area contributed by atoms with Crippen LogP contribution in [0.15, 0.2) is 18.2 Å². The van der Waals surface area contributed by atoms with E-state index in [1.807, 2.05) is 4.90 Å². The molecule has 1 fully saturated rings. The number of phenols is 1. The summed E-state index contributed by atoms with van der Waals surface area (Å²) >= 11 is 0. The third-order valence-corrected chi connectivity index (χ3v) is 3.34. The van der Waals surface area contributed by atoms with Crippen LogP contribution in [-0.4, -0.2) is 42.6 Å². The fourth-order valence-electron chi connectivity index (χ4n) is 2.42. The first-order valence-corrected chi connectivity index (χ1v) is 6.29. The van der Waals surface area contributed by atoms with E-state index in [0.29, 0.717) is 26.2 Å². The number of rotatable bonds is 4. The second-order valence-electron chi connectivity index (χ2n) is 4.63. The summed E-state index contributed by atoms with van der Waals surface area (Å²) in [5, 5.41) is 12.3. The summed E-state index contributed by atoms with van der Waals surface area (Å²) in [5.74, 6) is -0.832. The average Bonchev–Trinajstić information content (AvgIpc) is 2.37. The molecule has 20 heavy (non-hydrogen) atoms. The number of hydrogen-bond acceptors (Lipinski definition) is 3. The van der Waals surface area contributed by atoms with E-state index in [0.717, 1.165) is 6.07 Å². The van der Waals surface area contributed by atoms with Crippen molar-refractivity contribution >= 4 is 12.4 Å². The minimum absolute atomic E-state index is 0. The fraction of sp³-hybridized carbons (Fsp3) is 0.538. The minimum atomic E-state index is -2.49. The van der Waals surface area contributed by atoms with Gasteiger partial charge in [-0.15, -0.1) is 12.4 Å². The zero-order chi connectivity index (χ0) is 13.8. The number of halogens is 4. The van der Waals surface area contributed by atoms with Crippen LogP contribution in [0, 0.1) is 5.82 Å². The molecule has 0 aromatic heterocycles. The van der Waals surface area contributed by atoms with Gasteiger partial charge in [-0.3, -0.25) is 4.90 Å². The number of nitrogens with zero attached hydrogens (tertiary/aromatic N) is 1. The highest BCUT2D eigenvalue weighted by atomic mass is 35.5. The van der Waals surface area contributed by atoms with E-state index in [2.05, 4.69) is 5.32 Å². The second-order valence-corrected chi connectivity index (χ2v) is 4.63. The Balaban J connectivity index is 0.00000200. The Hall–Kier alpha value is -0.980. The number of benzene rings is 1. The monoisotopic (exact) mass is 310 g/mol. The molecular formula is C13H18ClF3N2O. The Kier molecular flexibility index (Phi) is 6.58. The number of hydrogen-bond donors (Lipinski definition) is 2. The van der Waals surface area contributed by atoms with Crippen LogP contribution in [0.1, 0.15) is 18.0 Å². The first-order chi connectivity index (χ1) is 9.08. The summed E-state index contributed by atoms with van der Waals surface area (Å²) in [6.45, 7) is 2.63. The van der Waals surface area contributed by atoms with Crippen molar-refractivity contribution in [3.8, 4) is 5.75 Å². The Morgan fingerprint density at radius 3 is 2.45 bits per heavy atom. The smallest absolute Gasteiger partial charge is 0.240 e. The zero-order valence-electron chi connectivity index (χ0n) is 10.9. The van der Waals surface area contributed by atoms with E-state index in [-0.39, 0.29) is 23.7 Å². The minimum Gasteiger partial charge on any atom is -0.508 e. The lowest BCUT2D eigenvalue weighted by Crippen LogP contribution is -2.45. The molecule has 1 saturated heterocycles. The van der Waals surface area contributed by atoms with Gasteiger partial charge in [0.2, 0.25) is 6.43 Å². The SMILES string of the molecule is Cl.Oc1ccc([C@H](CC(F)F)N2CCNCC2)c(F)c1. The van der Waals surface area contributed by atoms with Crippen molar-refractivity contribution in [1.82, 2.24) is 10.2 Å². The summed E-state index contributed by atoms with van der Waals surface area (Å²) < 4.78 is 39.3. The highest BCUT2D eigenvalue weighted by molar-refractivity contribution is 5.85. The number of piperazine rings is 1. The van der Waals surface area contributed by atoms with Gasteiger partial charge < -0.3 is 10.4 Å². The third kappa shape index (κ3) is 4.26. The van der Waals surface area contributed by atoms with Gasteiger partial charge in [0, 0.05) is 50.3 Å². The van der Waals surface area contributed by atoms with Crippen molar-refractivity contribution in [2.24, 2.45) is 0 Å². The maximum atomic E-state index is 13.9. The summed E-state index contributed by atoms with van der Waals surface area (Å²) in [7, 11) is 0. The molecule has 3 nitrogen and oxygen atoms in total. The van der Waals surface area contributed by atoms with Gasteiger partial charge in [0.15, 0.2) is 0 Å². The van der Waals surface area contributed by atoms with Crippen molar-refractivity contribution < 1.29 is 18.3 Å². The van der Waals surface area contributed by atoms with E-state index >= 15 is 0 Å². The lowest BCUT2D eigenvalue weighted by atomic mass is 10.0. The van der Waals surface area contributed by atoms with Gasteiger partial charge in [0.1, 0.15) is 11.6 Å². The van der Waals surface area contributed by atoms with Crippen LogP contribution >= 0.6 is 12.4 Å². The van der Waals surface area contributed by atoms with E-state index < -0.39 is 24.7 Å². The van der Waals surface area contributed by atoms with Gasteiger partial charge >= 0.3 is 0 Å². The Labute approximate surface area is 122 Å². The first-order valence-electron chi connectivity index (χ1n) is 6.29. The average molecular weight is 311 g/mol. The van der Waals surface area contributed by atoms with E-state index in [9.17, 15) is 18.3 Å². The third-order valence-electron chi connectivity index (χ3n) is 3.34. The second kappa shape index (κ2) is 7.71. The number of nitrogens with one attached hydrogen (secondary N) is 1. The predicted octanol–water partition coefficient (Wildman–Crippen LogP) is 2.55. The lowest BCUT2D eigenvalue weighted by Gasteiger charge is -2.35.